The molecule has 0 aliphatic heterocycles. The van der Waals surface area contributed by atoms with E-state index in [-0.39, 0.29) is 0 Å². The predicted molar refractivity (Wildman–Crippen MR) is 178 cm³/mol. The average Bonchev–Trinajstić information content (AvgIpc) is 3.43. The Morgan fingerprint density at radius 1 is 0.442 bits per heavy atom. The van der Waals surface area contributed by atoms with Crippen LogP contribution in [-0.2, 0) is 0 Å². The van der Waals surface area contributed by atoms with Crippen LogP contribution < -0.4 is 0 Å². The van der Waals surface area contributed by atoms with Gasteiger partial charge in [-0.05, 0) is 53.9 Å². The molecule has 0 amide bonds. The fraction of sp³-hybridized carbons (Fsp3) is 0. The number of nitrogens with zero attached hydrogens (tertiary/aromatic N) is 4. The summed E-state index contributed by atoms with van der Waals surface area (Å²) < 4.78 is 2.40. The molecule has 0 saturated carbocycles. The summed E-state index contributed by atoms with van der Waals surface area (Å²) in [5.41, 5.74) is 10.3. The van der Waals surface area contributed by atoms with Crippen molar-refractivity contribution in [2.75, 3.05) is 0 Å². The second-order valence-corrected chi connectivity index (χ2v) is 10.9. The van der Waals surface area contributed by atoms with Crippen molar-refractivity contribution < 1.29 is 0 Å². The first-order valence-electron chi connectivity index (χ1n) is 14.5. The Kier molecular flexibility index (Phi) is 5.16. The van der Waals surface area contributed by atoms with Gasteiger partial charge in [0.15, 0.2) is 0 Å². The summed E-state index contributed by atoms with van der Waals surface area (Å²) in [5.74, 6) is 0. The fourth-order valence-corrected chi connectivity index (χ4v) is 6.47. The van der Waals surface area contributed by atoms with Crippen LogP contribution in [0.2, 0.25) is 0 Å². The van der Waals surface area contributed by atoms with Crippen LogP contribution in [0.15, 0.2) is 146 Å². The van der Waals surface area contributed by atoms with Gasteiger partial charge in [0.05, 0.1) is 39.0 Å². The van der Waals surface area contributed by atoms with Crippen LogP contribution >= 0.6 is 0 Å². The van der Waals surface area contributed by atoms with Gasteiger partial charge in [-0.25, -0.2) is 9.97 Å². The highest BCUT2D eigenvalue weighted by atomic mass is 15.0. The second kappa shape index (κ2) is 9.33. The Morgan fingerprint density at radius 3 is 2.05 bits per heavy atom. The first-order valence-corrected chi connectivity index (χ1v) is 14.5. The summed E-state index contributed by atoms with van der Waals surface area (Å²) in [7, 11) is 0. The third-order valence-electron chi connectivity index (χ3n) is 8.42. The third kappa shape index (κ3) is 3.67. The number of rotatable bonds is 3. The number of fused-ring (bicyclic) bond motifs is 8. The first-order chi connectivity index (χ1) is 21.3. The lowest BCUT2D eigenvalue weighted by molar-refractivity contribution is 1.19. The van der Waals surface area contributed by atoms with Crippen LogP contribution in [0, 0.1) is 0 Å². The monoisotopic (exact) mass is 548 g/mol. The topological polar surface area (TPSA) is 43.6 Å². The molecule has 4 nitrogen and oxygen atoms in total. The van der Waals surface area contributed by atoms with Gasteiger partial charge in [0, 0.05) is 44.6 Å². The van der Waals surface area contributed by atoms with E-state index in [0.29, 0.717) is 0 Å². The van der Waals surface area contributed by atoms with E-state index in [2.05, 4.69) is 125 Å². The molecule has 9 aromatic rings. The van der Waals surface area contributed by atoms with Gasteiger partial charge in [0.2, 0.25) is 0 Å². The van der Waals surface area contributed by atoms with Crippen molar-refractivity contribution in [2.45, 2.75) is 0 Å². The molecule has 43 heavy (non-hydrogen) atoms. The van der Waals surface area contributed by atoms with Crippen molar-refractivity contribution >= 4 is 54.5 Å². The maximum atomic E-state index is 5.33. The van der Waals surface area contributed by atoms with E-state index >= 15 is 0 Å². The van der Waals surface area contributed by atoms with Gasteiger partial charge >= 0.3 is 0 Å². The molecule has 0 bridgehead atoms. The molecule has 4 heteroatoms. The van der Waals surface area contributed by atoms with Crippen LogP contribution in [0.5, 0.6) is 0 Å². The Bertz CT molecular complexity index is 2490. The van der Waals surface area contributed by atoms with Crippen molar-refractivity contribution in [3.63, 3.8) is 0 Å². The van der Waals surface area contributed by atoms with Gasteiger partial charge in [-0.2, -0.15) is 0 Å². The van der Waals surface area contributed by atoms with E-state index in [1.807, 2.05) is 24.3 Å². The number of benzene rings is 5. The van der Waals surface area contributed by atoms with E-state index in [9.17, 15) is 0 Å². The zero-order valence-electron chi connectivity index (χ0n) is 23.1. The molecule has 0 aliphatic rings. The minimum absolute atomic E-state index is 0.891. The van der Waals surface area contributed by atoms with E-state index in [1.54, 1.807) is 6.20 Å². The summed E-state index contributed by atoms with van der Waals surface area (Å²) in [6.45, 7) is 0. The lowest BCUT2D eigenvalue weighted by Gasteiger charge is -2.15. The molecule has 0 fully saturated rings. The summed E-state index contributed by atoms with van der Waals surface area (Å²) in [6.07, 6.45) is 1.80. The molecule has 0 radical (unpaired) electrons. The van der Waals surface area contributed by atoms with Crippen LogP contribution in [0.1, 0.15) is 0 Å². The zero-order valence-corrected chi connectivity index (χ0v) is 23.1. The minimum atomic E-state index is 0.891. The Morgan fingerprint density at radius 2 is 1.16 bits per heavy atom. The Hall–Kier alpha value is -5.87. The maximum Gasteiger partial charge on any atom is 0.0894 e. The SMILES string of the molecule is c1ccc(-n2c3ccccc3c3ccc4c5ccccc5nc(-c5ccc(-c6ccc7ncccc7n6)cc5)c4c32)cc1. The van der Waals surface area contributed by atoms with Crippen LogP contribution in [0.3, 0.4) is 0 Å². The smallest absolute Gasteiger partial charge is 0.0894 e. The lowest BCUT2D eigenvalue weighted by Crippen LogP contribution is -1.97. The van der Waals surface area contributed by atoms with Crippen LogP contribution in [0.25, 0.3) is 82.7 Å². The molecule has 9 rings (SSSR count). The molecule has 0 spiro atoms. The highest BCUT2D eigenvalue weighted by Gasteiger charge is 2.20. The highest BCUT2D eigenvalue weighted by molar-refractivity contribution is 6.25. The molecule has 0 saturated heterocycles. The molecule has 4 heterocycles. The standard InChI is InChI=1S/C39H24N4/c1-2-9-27(10-3-1)43-36-15-7-5-12-29(36)31-21-20-30-28-11-4-6-13-33(28)42-38(37(30)39(31)43)26-18-16-25(17-19-26)32-22-23-34-35(41-32)14-8-24-40-34/h1-24H. The van der Waals surface area contributed by atoms with E-state index in [1.165, 1.54) is 27.2 Å². The van der Waals surface area contributed by atoms with Gasteiger partial charge in [0.1, 0.15) is 0 Å². The van der Waals surface area contributed by atoms with Crippen molar-refractivity contribution in [1.29, 1.82) is 0 Å². The molecule has 0 N–H and O–H groups in total. The van der Waals surface area contributed by atoms with Crippen LogP contribution in [-0.4, -0.2) is 19.5 Å². The zero-order chi connectivity index (χ0) is 28.3. The Balaban J connectivity index is 1.35. The molecular formula is C39H24N4. The van der Waals surface area contributed by atoms with Gasteiger partial charge in [0.25, 0.3) is 0 Å². The summed E-state index contributed by atoms with van der Waals surface area (Å²) in [4.78, 5) is 14.6. The summed E-state index contributed by atoms with van der Waals surface area (Å²) in [5, 5.41) is 5.95. The largest absolute Gasteiger partial charge is 0.309 e. The van der Waals surface area contributed by atoms with Gasteiger partial charge in [-0.15, -0.1) is 0 Å². The predicted octanol–water partition coefficient (Wildman–Crippen LogP) is 9.76. The van der Waals surface area contributed by atoms with Crippen molar-refractivity contribution in [2.24, 2.45) is 0 Å². The van der Waals surface area contributed by atoms with Crippen molar-refractivity contribution in [1.82, 2.24) is 19.5 Å². The number of para-hydroxylation sites is 3. The lowest BCUT2D eigenvalue weighted by atomic mass is 9.96. The third-order valence-corrected chi connectivity index (χ3v) is 8.42. The number of hydrogen-bond acceptors (Lipinski definition) is 3. The van der Waals surface area contributed by atoms with E-state index < -0.39 is 0 Å². The fourth-order valence-electron chi connectivity index (χ4n) is 6.47. The first kappa shape index (κ1) is 23.8. The van der Waals surface area contributed by atoms with Gasteiger partial charge < -0.3 is 4.57 Å². The van der Waals surface area contributed by atoms with Crippen molar-refractivity contribution in [3.8, 4) is 28.2 Å². The van der Waals surface area contributed by atoms with Gasteiger partial charge in [-0.1, -0.05) is 91.0 Å². The average molecular weight is 549 g/mol. The van der Waals surface area contributed by atoms with E-state index in [0.717, 1.165) is 55.5 Å². The molecule has 4 aromatic heterocycles. The summed E-state index contributed by atoms with van der Waals surface area (Å²) in [6, 6.07) is 48.9. The molecule has 0 unspecified atom stereocenters. The van der Waals surface area contributed by atoms with Crippen molar-refractivity contribution in [3.05, 3.63) is 146 Å². The number of hydrogen-bond donors (Lipinski definition) is 0. The van der Waals surface area contributed by atoms with E-state index in [4.69, 9.17) is 9.97 Å². The summed E-state index contributed by atoms with van der Waals surface area (Å²) >= 11 is 0. The number of pyridine rings is 3. The molecule has 5 aromatic carbocycles. The van der Waals surface area contributed by atoms with Gasteiger partial charge in [-0.3, -0.25) is 4.98 Å². The normalized spacial score (nSPS) is 11.7. The number of aromatic nitrogens is 4. The van der Waals surface area contributed by atoms with Crippen LogP contribution in [0.4, 0.5) is 0 Å². The Labute approximate surface area is 247 Å². The highest BCUT2D eigenvalue weighted by Crippen LogP contribution is 2.42. The molecule has 0 aliphatic carbocycles. The molecular weight excluding hydrogens is 524 g/mol. The quantitative estimate of drug-likeness (QED) is 0.206. The minimum Gasteiger partial charge on any atom is -0.309 e. The maximum absolute atomic E-state index is 5.33. The second-order valence-electron chi connectivity index (χ2n) is 10.9. The molecule has 200 valence electrons. The molecule has 0 atom stereocenters.